The van der Waals surface area contributed by atoms with Gasteiger partial charge in [0.05, 0.1) is 12.2 Å². The van der Waals surface area contributed by atoms with Gasteiger partial charge in [0.1, 0.15) is 5.75 Å². The fraction of sp³-hybridized carbons (Fsp3) is 0.545. The molecule has 2 aliphatic rings. The number of carbonyl (C=O) groups excluding carboxylic acids is 2. The third-order valence-electron chi connectivity index (χ3n) is 6.54. The molecule has 0 radical (unpaired) electrons. The van der Waals surface area contributed by atoms with Crippen molar-refractivity contribution in [1.29, 1.82) is 0 Å². The molecule has 2 aromatic rings. The minimum atomic E-state index is -0.136. The van der Waals surface area contributed by atoms with Crippen molar-refractivity contribution in [3.63, 3.8) is 0 Å². The van der Waals surface area contributed by atoms with E-state index in [0.29, 0.717) is 5.69 Å². The summed E-state index contributed by atoms with van der Waals surface area (Å²) in [5.74, 6) is 0.621. The molecule has 30 heavy (non-hydrogen) atoms. The van der Waals surface area contributed by atoms with Crippen LogP contribution in [0.25, 0.3) is 0 Å². The molecule has 0 bridgehead atoms. The van der Waals surface area contributed by atoms with Crippen LogP contribution in [0.15, 0.2) is 30.5 Å². The van der Waals surface area contributed by atoms with Crippen LogP contribution in [0.1, 0.15) is 47.8 Å². The number of nitrogens with zero attached hydrogens (tertiary/aromatic N) is 5. The summed E-state index contributed by atoms with van der Waals surface area (Å²) in [6.45, 7) is 3.52. The lowest BCUT2D eigenvalue weighted by Gasteiger charge is -2.53. The first-order valence-corrected chi connectivity index (χ1v) is 10.5. The van der Waals surface area contributed by atoms with Gasteiger partial charge in [-0.3, -0.25) is 9.59 Å². The predicted molar refractivity (Wildman–Crippen MR) is 111 cm³/mol. The molecular formula is C22H29N5O3. The van der Waals surface area contributed by atoms with E-state index in [1.165, 1.54) is 4.90 Å². The van der Waals surface area contributed by atoms with Crippen molar-refractivity contribution in [2.45, 2.75) is 38.6 Å². The van der Waals surface area contributed by atoms with Crippen LogP contribution in [0.3, 0.4) is 0 Å². The topological polar surface area (TPSA) is 80.6 Å². The van der Waals surface area contributed by atoms with Gasteiger partial charge in [-0.1, -0.05) is 17.3 Å². The number of aryl methyl sites for hydroxylation is 1. The first-order chi connectivity index (χ1) is 14.4. The van der Waals surface area contributed by atoms with Crippen LogP contribution in [0.2, 0.25) is 0 Å². The number of carbonyl (C=O) groups is 2. The fourth-order valence-electron chi connectivity index (χ4n) is 4.58. The van der Waals surface area contributed by atoms with E-state index in [1.807, 2.05) is 40.8 Å². The lowest BCUT2D eigenvalue weighted by Crippen LogP contribution is -2.52. The van der Waals surface area contributed by atoms with Crippen molar-refractivity contribution >= 4 is 11.8 Å². The van der Waals surface area contributed by atoms with E-state index in [1.54, 1.807) is 20.3 Å². The Labute approximate surface area is 176 Å². The highest BCUT2D eigenvalue weighted by Gasteiger charge is 2.50. The molecule has 8 heteroatoms. The largest absolute Gasteiger partial charge is 0.484 e. The highest BCUT2D eigenvalue weighted by Crippen LogP contribution is 2.56. The Bertz CT molecular complexity index is 930. The number of ether oxygens (including phenoxy) is 1. The maximum Gasteiger partial charge on any atom is 0.275 e. The van der Waals surface area contributed by atoms with Gasteiger partial charge >= 0.3 is 0 Å². The molecule has 2 fully saturated rings. The molecule has 1 spiro atoms. The van der Waals surface area contributed by atoms with Gasteiger partial charge in [0, 0.05) is 27.2 Å². The number of hydrogen-bond acceptors (Lipinski definition) is 5. The van der Waals surface area contributed by atoms with Gasteiger partial charge in [-0.05, 0) is 55.7 Å². The standard InChI is InChI=1S/C22H29N5O3/c1-16-5-4-6-17(13-16)30-15-20(28)26-11-9-22(10-12-26)8-7-19(22)27-14-18(23-24-27)21(29)25(2)3/h4-6,13-14,19H,7-12,15H2,1-3H3. The summed E-state index contributed by atoms with van der Waals surface area (Å²) in [6, 6.07) is 7.98. The zero-order valence-corrected chi connectivity index (χ0v) is 17.9. The van der Waals surface area contributed by atoms with Gasteiger partial charge in [0.15, 0.2) is 12.3 Å². The van der Waals surface area contributed by atoms with Crippen LogP contribution in [0, 0.1) is 12.3 Å². The van der Waals surface area contributed by atoms with Crippen molar-refractivity contribution in [1.82, 2.24) is 24.8 Å². The molecule has 1 atom stereocenters. The average molecular weight is 412 g/mol. The number of rotatable bonds is 5. The molecule has 4 rings (SSSR count). The molecular weight excluding hydrogens is 382 g/mol. The fourth-order valence-corrected chi connectivity index (χ4v) is 4.58. The average Bonchev–Trinajstić information content (AvgIpc) is 3.19. The Balaban J connectivity index is 1.32. The molecule has 1 aromatic carbocycles. The summed E-state index contributed by atoms with van der Waals surface area (Å²) in [6.07, 6.45) is 5.79. The molecule has 1 unspecified atom stereocenters. The molecule has 1 aromatic heterocycles. The van der Waals surface area contributed by atoms with Gasteiger partial charge in [-0.15, -0.1) is 5.10 Å². The highest BCUT2D eigenvalue weighted by molar-refractivity contribution is 5.91. The summed E-state index contributed by atoms with van der Waals surface area (Å²) in [4.78, 5) is 28.1. The lowest BCUT2D eigenvalue weighted by atomic mass is 9.59. The molecule has 2 amide bonds. The van der Waals surface area contributed by atoms with Crippen LogP contribution < -0.4 is 4.74 Å². The monoisotopic (exact) mass is 411 g/mol. The van der Waals surface area contributed by atoms with Gasteiger partial charge in [0.25, 0.3) is 11.8 Å². The quantitative estimate of drug-likeness (QED) is 0.754. The molecule has 1 aliphatic carbocycles. The van der Waals surface area contributed by atoms with Crippen LogP contribution in [-0.2, 0) is 4.79 Å². The third-order valence-corrected chi connectivity index (χ3v) is 6.54. The predicted octanol–water partition coefficient (Wildman–Crippen LogP) is 2.31. The molecule has 0 N–H and O–H groups in total. The molecule has 1 saturated carbocycles. The molecule has 2 heterocycles. The Morgan fingerprint density at radius 1 is 1.23 bits per heavy atom. The zero-order valence-electron chi connectivity index (χ0n) is 17.9. The van der Waals surface area contributed by atoms with E-state index in [0.717, 1.165) is 50.1 Å². The van der Waals surface area contributed by atoms with Gasteiger partial charge in [-0.2, -0.15) is 0 Å². The smallest absolute Gasteiger partial charge is 0.275 e. The van der Waals surface area contributed by atoms with Crippen LogP contribution in [-0.4, -0.2) is 70.4 Å². The van der Waals surface area contributed by atoms with Crippen LogP contribution in [0.4, 0.5) is 0 Å². The SMILES string of the molecule is Cc1cccc(OCC(=O)N2CCC3(CCC3n3cc(C(=O)N(C)C)nn3)CC2)c1. The number of piperidine rings is 1. The lowest BCUT2D eigenvalue weighted by molar-refractivity contribution is -0.138. The van der Waals surface area contributed by atoms with Gasteiger partial charge < -0.3 is 14.5 Å². The van der Waals surface area contributed by atoms with E-state index in [9.17, 15) is 9.59 Å². The van der Waals surface area contributed by atoms with E-state index in [-0.39, 0.29) is 29.9 Å². The van der Waals surface area contributed by atoms with Gasteiger partial charge in [0.2, 0.25) is 0 Å². The van der Waals surface area contributed by atoms with Crippen LogP contribution in [0.5, 0.6) is 5.75 Å². The second-order valence-corrected chi connectivity index (χ2v) is 8.69. The second-order valence-electron chi connectivity index (χ2n) is 8.69. The summed E-state index contributed by atoms with van der Waals surface area (Å²) in [5.41, 5.74) is 1.63. The third kappa shape index (κ3) is 3.91. The number of aromatic nitrogens is 3. The molecule has 1 aliphatic heterocycles. The van der Waals surface area contributed by atoms with Crippen molar-refractivity contribution in [2.75, 3.05) is 33.8 Å². The normalized spacial score (nSPS) is 20.0. The first-order valence-electron chi connectivity index (χ1n) is 10.5. The van der Waals surface area contributed by atoms with Gasteiger partial charge in [-0.25, -0.2) is 4.68 Å². The van der Waals surface area contributed by atoms with Crippen LogP contribution >= 0.6 is 0 Å². The Kier molecular flexibility index (Phi) is 5.49. The van der Waals surface area contributed by atoms with E-state index in [2.05, 4.69) is 10.3 Å². The van der Waals surface area contributed by atoms with Crippen molar-refractivity contribution in [3.05, 3.63) is 41.7 Å². The first kappa shape index (κ1) is 20.4. The molecule has 160 valence electrons. The Hall–Kier alpha value is -2.90. The van der Waals surface area contributed by atoms with E-state index in [4.69, 9.17) is 4.74 Å². The number of benzene rings is 1. The Morgan fingerprint density at radius 3 is 2.63 bits per heavy atom. The van der Waals surface area contributed by atoms with Crippen molar-refractivity contribution in [3.8, 4) is 5.75 Å². The number of likely N-dealkylation sites (tertiary alicyclic amines) is 1. The summed E-state index contributed by atoms with van der Waals surface area (Å²) in [7, 11) is 3.42. The van der Waals surface area contributed by atoms with Crippen molar-refractivity contribution < 1.29 is 14.3 Å². The molecule has 1 saturated heterocycles. The van der Waals surface area contributed by atoms with Crippen molar-refractivity contribution in [2.24, 2.45) is 5.41 Å². The zero-order chi connectivity index (χ0) is 21.3. The minimum absolute atomic E-state index is 0.0295. The van der Waals surface area contributed by atoms with E-state index < -0.39 is 0 Å². The highest BCUT2D eigenvalue weighted by atomic mass is 16.5. The minimum Gasteiger partial charge on any atom is -0.484 e. The second kappa shape index (κ2) is 8.08. The summed E-state index contributed by atoms with van der Waals surface area (Å²) >= 11 is 0. The summed E-state index contributed by atoms with van der Waals surface area (Å²) < 4.78 is 7.54. The van der Waals surface area contributed by atoms with E-state index >= 15 is 0 Å². The number of hydrogen-bond donors (Lipinski definition) is 0. The maximum atomic E-state index is 12.6. The molecule has 8 nitrogen and oxygen atoms in total. The maximum absolute atomic E-state index is 12.6. The Morgan fingerprint density at radius 2 is 2.00 bits per heavy atom. The number of amides is 2. The summed E-state index contributed by atoms with van der Waals surface area (Å²) in [5, 5.41) is 8.30.